The lowest BCUT2D eigenvalue weighted by Gasteiger charge is -2.03. The average Bonchev–Trinajstić information content (AvgIpc) is 2.82. The van der Waals surface area contributed by atoms with Crippen LogP contribution in [-0.2, 0) is 12.8 Å². The number of hydrogen-bond acceptors (Lipinski definition) is 3. The third-order valence-corrected chi connectivity index (χ3v) is 4.45. The second-order valence-electron chi connectivity index (χ2n) is 4.79. The van der Waals surface area contributed by atoms with Crippen molar-refractivity contribution in [2.24, 2.45) is 12.8 Å². The fraction of sp³-hybridized carbons (Fsp3) is 0.125. The molecule has 0 aliphatic heterocycles. The zero-order valence-electron chi connectivity index (χ0n) is 11.6. The van der Waals surface area contributed by atoms with Gasteiger partial charge < -0.3 is 10.3 Å². The largest absolute Gasteiger partial charge is 0.366 e. The Hall–Kier alpha value is -2.27. The summed E-state index contributed by atoms with van der Waals surface area (Å²) in [6, 6.07) is 15.5. The molecule has 0 atom stereocenters. The molecule has 1 heterocycles. The van der Waals surface area contributed by atoms with Gasteiger partial charge in [-0.1, -0.05) is 36.0 Å². The number of primary amides is 1. The first kappa shape index (κ1) is 13.7. The number of fused-ring (bicyclic) bond motifs is 1. The Morgan fingerprint density at radius 3 is 2.57 bits per heavy atom. The number of carbonyl (C=O) groups excluding carboxylic acids is 1. The van der Waals surface area contributed by atoms with E-state index in [9.17, 15) is 4.79 Å². The molecule has 1 amide bonds. The quantitative estimate of drug-likeness (QED) is 0.753. The van der Waals surface area contributed by atoms with Crippen LogP contribution in [0.3, 0.4) is 0 Å². The summed E-state index contributed by atoms with van der Waals surface area (Å²) in [5.74, 6) is 0.403. The van der Waals surface area contributed by atoms with Crippen LogP contribution in [0.4, 0.5) is 0 Å². The molecule has 0 bridgehead atoms. The van der Waals surface area contributed by atoms with Gasteiger partial charge in [-0.3, -0.25) is 4.79 Å². The highest BCUT2D eigenvalue weighted by atomic mass is 32.2. The molecule has 0 aliphatic rings. The summed E-state index contributed by atoms with van der Waals surface area (Å²) < 4.78 is 2.10. The molecule has 0 radical (unpaired) electrons. The topological polar surface area (TPSA) is 60.9 Å². The zero-order chi connectivity index (χ0) is 14.8. The minimum atomic E-state index is -0.399. The molecule has 0 aliphatic carbocycles. The van der Waals surface area contributed by atoms with E-state index in [1.807, 2.05) is 37.4 Å². The fourth-order valence-electron chi connectivity index (χ4n) is 2.17. The molecule has 2 aromatic carbocycles. The molecule has 0 unspecified atom stereocenters. The maximum atomic E-state index is 11.0. The lowest BCUT2D eigenvalue weighted by Crippen LogP contribution is -2.10. The number of nitrogens with zero attached hydrogens (tertiary/aromatic N) is 2. The lowest BCUT2D eigenvalue weighted by atomic mass is 10.1. The Balaban J connectivity index is 1.77. The van der Waals surface area contributed by atoms with E-state index in [2.05, 4.69) is 15.6 Å². The number of carbonyl (C=O) groups is 1. The van der Waals surface area contributed by atoms with Crippen LogP contribution in [0.2, 0.25) is 0 Å². The number of rotatable bonds is 4. The van der Waals surface area contributed by atoms with Crippen LogP contribution in [0.15, 0.2) is 53.7 Å². The van der Waals surface area contributed by atoms with E-state index in [0.717, 1.165) is 27.5 Å². The lowest BCUT2D eigenvalue weighted by molar-refractivity contribution is 0.100. The van der Waals surface area contributed by atoms with Gasteiger partial charge in [0.2, 0.25) is 5.91 Å². The Morgan fingerprint density at radius 2 is 1.90 bits per heavy atom. The van der Waals surface area contributed by atoms with Crippen LogP contribution < -0.4 is 5.73 Å². The van der Waals surface area contributed by atoms with Crippen molar-refractivity contribution in [1.29, 1.82) is 0 Å². The number of para-hydroxylation sites is 2. The summed E-state index contributed by atoms with van der Waals surface area (Å²) in [5.41, 5.74) is 9.04. The van der Waals surface area contributed by atoms with Crippen molar-refractivity contribution in [1.82, 2.24) is 9.55 Å². The van der Waals surface area contributed by atoms with Crippen LogP contribution in [0.25, 0.3) is 11.0 Å². The first-order valence-electron chi connectivity index (χ1n) is 6.58. The maximum Gasteiger partial charge on any atom is 0.248 e. The predicted molar refractivity (Wildman–Crippen MR) is 85.2 cm³/mol. The normalized spacial score (nSPS) is 10.9. The predicted octanol–water partition coefficient (Wildman–Crippen LogP) is 2.96. The fourth-order valence-corrected chi connectivity index (χ4v) is 3.11. The van der Waals surface area contributed by atoms with Gasteiger partial charge in [-0.15, -0.1) is 0 Å². The summed E-state index contributed by atoms with van der Waals surface area (Å²) in [5, 5.41) is 0.982. The van der Waals surface area contributed by atoms with Crippen LogP contribution in [0.5, 0.6) is 0 Å². The van der Waals surface area contributed by atoms with Crippen molar-refractivity contribution >= 4 is 28.7 Å². The highest BCUT2D eigenvalue weighted by Crippen LogP contribution is 2.25. The molecular weight excluding hydrogens is 282 g/mol. The summed E-state index contributed by atoms with van der Waals surface area (Å²) in [7, 11) is 2.02. The van der Waals surface area contributed by atoms with Crippen LogP contribution in [-0.4, -0.2) is 15.5 Å². The number of amides is 1. The molecule has 3 rings (SSSR count). The summed E-state index contributed by atoms with van der Waals surface area (Å²) in [6.45, 7) is 0. The Labute approximate surface area is 127 Å². The molecule has 21 heavy (non-hydrogen) atoms. The Kier molecular flexibility index (Phi) is 3.66. The van der Waals surface area contributed by atoms with Gasteiger partial charge in [0, 0.05) is 18.4 Å². The third kappa shape index (κ3) is 2.78. The van der Waals surface area contributed by atoms with Gasteiger partial charge in [-0.25, -0.2) is 4.98 Å². The standard InChI is InChI=1S/C16H15N3OS/c1-19-14-5-3-2-4-13(14)18-16(19)21-10-11-6-8-12(9-7-11)15(17)20/h2-9H,10H2,1H3,(H2,17,20). The average molecular weight is 297 g/mol. The number of nitrogens with two attached hydrogens (primary N) is 1. The molecule has 106 valence electrons. The van der Waals surface area contributed by atoms with E-state index in [1.165, 1.54) is 0 Å². The summed E-state index contributed by atoms with van der Waals surface area (Å²) >= 11 is 1.68. The van der Waals surface area contributed by atoms with Crippen molar-refractivity contribution in [3.8, 4) is 0 Å². The van der Waals surface area contributed by atoms with Crippen molar-refractivity contribution in [3.05, 3.63) is 59.7 Å². The van der Waals surface area contributed by atoms with Gasteiger partial charge in [0.05, 0.1) is 11.0 Å². The van der Waals surface area contributed by atoms with Gasteiger partial charge >= 0.3 is 0 Å². The molecule has 3 aromatic rings. The second-order valence-corrected chi connectivity index (χ2v) is 5.73. The molecule has 5 heteroatoms. The molecule has 1 aromatic heterocycles. The highest BCUT2D eigenvalue weighted by Gasteiger charge is 2.08. The van der Waals surface area contributed by atoms with Crippen molar-refractivity contribution in [2.75, 3.05) is 0 Å². The molecular formula is C16H15N3OS. The molecule has 0 saturated carbocycles. The first-order chi connectivity index (χ1) is 10.1. The third-order valence-electron chi connectivity index (χ3n) is 3.35. The monoisotopic (exact) mass is 297 g/mol. The number of thioether (sulfide) groups is 1. The van der Waals surface area contributed by atoms with Gasteiger partial charge in [0.25, 0.3) is 0 Å². The summed E-state index contributed by atoms with van der Waals surface area (Å²) in [4.78, 5) is 15.7. The molecule has 0 fully saturated rings. The number of hydrogen-bond donors (Lipinski definition) is 1. The SMILES string of the molecule is Cn1c(SCc2ccc(C(N)=O)cc2)nc2ccccc21. The minimum Gasteiger partial charge on any atom is -0.366 e. The van der Waals surface area contributed by atoms with E-state index in [0.29, 0.717) is 5.56 Å². The molecule has 0 spiro atoms. The first-order valence-corrected chi connectivity index (χ1v) is 7.57. The van der Waals surface area contributed by atoms with Crippen LogP contribution in [0, 0.1) is 0 Å². The van der Waals surface area contributed by atoms with Gasteiger partial charge in [0.15, 0.2) is 5.16 Å². The Morgan fingerprint density at radius 1 is 1.19 bits per heavy atom. The zero-order valence-corrected chi connectivity index (χ0v) is 12.4. The second kappa shape index (κ2) is 5.61. The van der Waals surface area contributed by atoms with E-state index in [4.69, 9.17) is 5.73 Å². The van der Waals surface area contributed by atoms with E-state index < -0.39 is 5.91 Å². The van der Waals surface area contributed by atoms with Gasteiger partial charge in [0.1, 0.15) is 0 Å². The van der Waals surface area contributed by atoms with Crippen molar-refractivity contribution < 1.29 is 4.79 Å². The number of aryl methyl sites for hydroxylation is 1. The minimum absolute atomic E-state index is 0.399. The maximum absolute atomic E-state index is 11.0. The summed E-state index contributed by atoms with van der Waals surface area (Å²) in [6.07, 6.45) is 0. The Bertz CT molecular complexity index is 793. The highest BCUT2D eigenvalue weighted by molar-refractivity contribution is 7.98. The van der Waals surface area contributed by atoms with E-state index in [1.54, 1.807) is 23.9 Å². The number of aromatic nitrogens is 2. The van der Waals surface area contributed by atoms with Gasteiger partial charge in [-0.2, -0.15) is 0 Å². The molecule has 0 saturated heterocycles. The van der Waals surface area contributed by atoms with E-state index in [-0.39, 0.29) is 0 Å². The molecule has 4 nitrogen and oxygen atoms in total. The van der Waals surface area contributed by atoms with Gasteiger partial charge in [-0.05, 0) is 29.8 Å². The van der Waals surface area contributed by atoms with Crippen LogP contribution in [0.1, 0.15) is 15.9 Å². The number of imidazole rings is 1. The smallest absolute Gasteiger partial charge is 0.248 e. The number of benzene rings is 2. The molecule has 2 N–H and O–H groups in total. The van der Waals surface area contributed by atoms with Crippen molar-refractivity contribution in [3.63, 3.8) is 0 Å². The van der Waals surface area contributed by atoms with Crippen molar-refractivity contribution in [2.45, 2.75) is 10.9 Å². The van der Waals surface area contributed by atoms with E-state index >= 15 is 0 Å². The van der Waals surface area contributed by atoms with Crippen LogP contribution >= 0.6 is 11.8 Å².